The maximum absolute atomic E-state index is 12.3. The third-order valence-corrected chi connectivity index (χ3v) is 4.03. The van der Waals surface area contributed by atoms with Crippen molar-refractivity contribution < 1.29 is 9.72 Å². The lowest BCUT2D eigenvalue weighted by atomic mass is 10.1. The molecule has 2 N–H and O–H groups in total. The number of carbonyl (C=O) groups excluding carboxylic acids is 1. The average molecular weight is 379 g/mol. The molecule has 0 saturated heterocycles. The molecule has 0 aliphatic rings. The highest BCUT2D eigenvalue weighted by Gasteiger charge is 2.17. The Hall–Kier alpha value is -2.64. The number of carbonyl (C=O) groups is 1. The number of rotatable bonds is 5. The van der Waals surface area contributed by atoms with E-state index in [9.17, 15) is 14.9 Å². The number of aromatic amines is 1. The third kappa shape index (κ3) is 3.89. The van der Waals surface area contributed by atoms with Gasteiger partial charge in [0.2, 0.25) is 0 Å². The van der Waals surface area contributed by atoms with Gasteiger partial charge in [-0.25, -0.2) is 0 Å². The first kappa shape index (κ1) is 17.2. The summed E-state index contributed by atoms with van der Waals surface area (Å²) in [4.78, 5) is 22.7. The zero-order valence-corrected chi connectivity index (χ0v) is 14.3. The first-order valence-electron chi connectivity index (χ1n) is 7.30. The molecule has 0 aliphatic heterocycles. The lowest BCUT2D eigenvalue weighted by Crippen LogP contribution is -2.26. The van der Waals surface area contributed by atoms with Crippen LogP contribution in [0.4, 0.5) is 5.69 Å². The van der Waals surface area contributed by atoms with Crippen LogP contribution in [0.15, 0.2) is 36.4 Å². The monoisotopic (exact) mass is 378 g/mol. The van der Waals surface area contributed by atoms with Gasteiger partial charge in [0.15, 0.2) is 5.69 Å². The number of H-pyrrole nitrogens is 1. The Kier molecular flexibility index (Phi) is 4.87. The molecule has 1 heterocycles. The van der Waals surface area contributed by atoms with Crippen molar-refractivity contribution in [2.24, 2.45) is 0 Å². The van der Waals surface area contributed by atoms with Crippen LogP contribution in [0.5, 0.6) is 0 Å². The summed E-state index contributed by atoms with van der Waals surface area (Å²) in [5.41, 5.74) is 1.46. The van der Waals surface area contributed by atoms with Crippen molar-refractivity contribution in [1.82, 2.24) is 15.5 Å². The Balaban J connectivity index is 1.72. The van der Waals surface area contributed by atoms with E-state index in [1.54, 1.807) is 18.2 Å². The molecular weight excluding hydrogens is 367 g/mol. The number of nitrogens with one attached hydrogen (secondary N) is 2. The van der Waals surface area contributed by atoms with Crippen LogP contribution in [0.3, 0.4) is 0 Å². The Morgan fingerprint density at radius 3 is 2.60 bits per heavy atom. The summed E-state index contributed by atoms with van der Waals surface area (Å²) < 4.78 is 0. The number of amides is 1. The molecule has 3 aromatic rings. The highest BCUT2D eigenvalue weighted by molar-refractivity contribution is 6.34. The molecule has 9 heteroatoms. The SMILES string of the molecule is O=C(NCCc1cc(Cl)cc(Cl)c1)c1n[nH]c2ccc([N+](=O)[O-])cc12. The molecule has 0 unspecified atom stereocenters. The van der Waals surface area contributed by atoms with Crippen LogP contribution in [-0.2, 0) is 6.42 Å². The van der Waals surface area contributed by atoms with Crippen LogP contribution in [-0.4, -0.2) is 27.6 Å². The van der Waals surface area contributed by atoms with Crippen molar-refractivity contribution in [3.63, 3.8) is 0 Å². The highest BCUT2D eigenvalue weighted by Crippen LogP contribution is 2.22. The van der Waals surface area contributed by atoms with Gasteiger partial charge in [-0.2, -0.15) is 5.10 Å². The van der Waals surface area contributed by atoms with Gasteiger partial charge < -0.3 is 5.32 Å². The molecule has 0 bridgehead atoms. The van der Waals surface area contributed by atoms with E-state index in [1.807, 2.05) is 0 Å². The van der Waals surface area contributed by atoms with E-state index in [4.69, 9.17) is 23.2 Å². The van der Waals surface area contributed by atoms with Gasteiger partial charge in [0.05, 0.1) is 10.4 Å². The molecule has 1 aromatic heterocycles. The number of non-ortho nitro benzene ring substituents is 1. The zero-order valence-electron chi connectivity index (χ0n) is 12.8. The summed E-state index contributed by atoms with van der Waals surface area (Å²) >= 11 is 11.9. The van der Waals surface area contributed by atoms with Crippen LogP contribution < -0.4 is 5.32 Å². The van der Waals surface area contributed by atoms with Crippen molar-refractivity contribution >= 4 is 45.7 Å². The van der Waals surface area contributed by atoms with Gasteiger partial charge in [-0.1, -0.05) is 23.2 Å². The lowest BCUT2D eigenvalue weighted by molar-refractivity contribution is -0.384. The molecule has 0 saturated carbocycles. The molecule has 1 amide bonds. The standard InChI is InChI=1S/C16H12Cl2N4O3/c17-10-5-9(6-11(18)7-10)3-4-19-16(23)15-13-8-12(22(24)25)1-2-14(13)20-21-15/h1-2,5-8H,3-4H2,(H,19,23)(H,20,21). The van der Waals surface area contributed by atoms with Crippen molar-refractivity contribution in [2.75, 3.05) is 6.54 Å². The zero-order chi connectivity index (χ0) is 18.0. The topological polar surface area (TPSA) is 101 Å². The summed E-state index contributed by atoms with van der Waals surface area (Å²) in [7, 11) is 0. The Morgan fingerprint density at radius 2 is 1.92 bits per heavy atom. The second-order valence-corrected chi connectivity index (χ2v) is 6.22. The molecule has 128 valence electrons. The molecular formula is C16H12Cl2N4O3. The van der Waals surface area contributed by atoms with E-state index in [-0.39, 0.29) is 11.4 Å². The average Bonchev–Trinajstić information content (AvgIpc) is 2.96. The summed E-state index contributed by atoms with van der Waals surface area (Å²) in [6, 6.07) is 9.37. The van der Waals surface area contributed by atoms with Crippen LogP contribution in [0.25, 0.3) is 10.9 Å². The van der Waals surface area contributed by atoms with Gasteiger partial charge >= 0.3 is 0 Å². The normalized spacial score (nSPS) is 10.8. The summed E-state index contributed by atoms with van der Waals surface area (Å²) in [5.74, 6) is -0.417. The quantitative estimate of drug-likeness (QED) is 0.521. The van der Waals surface area contributed by atoms with Crippen LogP contribution >= 0.6 is 23.2 Å². The lowest BCUT2D eigenvalue weighted by Gasteiger charge is -2.05. The van der Waals surface area contributed by atoms with E-state index in [1.165, 1.54) is 18.2 Å². The second kappa shape index (κ2) is 7.08. The first-order chi connectivity index (χ1) is 11.9. The van der Waals surface area contributed by atoms with Crippen molar-refractivity contribution in [2.45, 2.75) is 6.42 Å². The number of benzene rings is 2. The van der Waals surface area contributed by atoms with Crippen molar-refractivity contribution in [3.05, 3.63) is 67.8 Å². The predicted octanol–water partition coefficient (Wildman–Crippen LogP) is 3.75. The van der Waals surface area contributed by atoms with E-state index in [0.29, 0.717) is 33.9 Å². The molecule has 0 spiro atoms. The van der Waals surface area contributed by atoms with Gasteiger partial charge in [0.1, 0.15) is 0 Å². The molecule has 7 nitrogen and oxygen atoms in total. The van der Waals surface area contributed by atoms with Crippen LogP contribution in [0.1, 0.15) is 16.1 Å². The third-order valence-electron chi connectivity index (χ3n) is 3.59. The van der Waals surface area contributed by atoms with E-state index < -0.39 is 10.8 Å². The number of nitro benzene ring substituents is 1. The van der Waals surface area contributed by atoms with Crippen molar-refractivity contribution in [3.8, 4) is 0 Å². The van der Waals surface area contributed by atoms with E-state index >= 15 is 0 Å². The summed E-state index contributed by atoms with van der Waals surface area (Å²) in [6.45, 7) is 0.346. The number of aromatic nitrogens is 2. The molecule has 0 radical (unpaired) electrons. The van der Waals surface area contributed by atoms with Crippen LogP contribution in [0.2, 0.25) is 10.0 Å². The maximum Gasteiger partial charge on any atom is 0.272 e. The maximum atomic E-state index is 12.3. The van der Waals surface area contributed by atoms with E-state index in [2.05, 4.69) is 15.5 Å². The minimum absolute atomic E-state index is 0.100. The molecule has 3 rings (SSSR count). The van der Waals surface area contributed by atoms with Crippen molar-refractivity contribution in [1.29, 1.82) is 0 Å². The highest BCUT2D eigenvalue weighted by atomic mass is 35.5. The number of hydrogen-bond acceptors (Lipinski definition) is 4. The molecule has 0 fully saturated rings. The Labute approximate surface area is 152 Å². The number of nitro groups is 1. The Morgan fingerprint density at radius 1 is 1.20 bits per heavy atom. The minimum atomic E-state index is -0.517. The largest absolute Gasteiger partial charge is 0.350 e. The van der Waals surface area contributed by atoms with Gasteiger partial charge in [0.25, 0.3) is 11.6 Å². The Bertz CT molecular complexity index is 951. The fourth-order valence-electron chi connectivity index (χ4n) is 2.45. The number of fused-ring (bicyclic) bond motifs is 1. The number of halogens is 2. The van der Waals surface area contributed by atoms with Gasteiger partial charge in [0, 0.05) is 34.1 Å². The fourth-order valence-corrected chi connectivity index (χ4v) is 3.02. The number of nitrogens with zero attached hydrogens (tertiary/aromatic N) is 2. The van der Waals surface area contributed by atoms with Gasteiger partial charge in [-0.05, 0) is 36.2 Å². The van der Waals surface area contributed by atoms with Gasteiger partial charge in [-0.3, -0.25) is 20.0 Å². The number of hydrogen-bond donors (Lipinski definition) is 2. The second-order valence-electron chi connectivity index (χ2n) is 5.34. The van der Waals surface area contributed by atoms with Crippen LogP contribution in [0, 0.1) is 10.1 Å². The minimum Gasteiger partial charge on any atom is -0.350 e. The summed E-state index contributed by atoms with van der Waals surface area (Å²) in [5, 5.41) is 21.7. The fraction of sp³-hybridized carbons (Fsp3) is 0.125. The smallest absolute Gasteiger partial charge is 0.272 e. The summed E-state index contributed by atoms with van der Waals surface area (Å²) in [6.07, 6.45) is 0.536. The first-order valence-corrected chi connectivity index (χ1v) is 8.05. The molecule has 2 aromatic carbocycles. The van der Waals surface area contributed by atoms with E-state index in [0.717, 1.165) is 5.56 Å². The predicted molar refractivity (Wildman–Crippen MR) is 95.2 cm³/mol. The van der Waals surface area contributed by atoms with Gasteiger partial charge in [-0.15, -0.1) is 0 Å². The molecule has 0 aliphatic carbocycles. The molecule has 25 heavy (non-hydrogen) atoms. The molecule has 0 atom stereocenters.